The van der Waals surface area contributed by atoms with E-state index in [2.05, 4.69) is 24.1 Å². The van der Waals surface area contributed by atoms with Crippen molar-refractivity contribution in [3.63, 3.8) is 0 Å². The fourth-order valence-corrected chi connectivity index (χ4v) is 4.82. The molecule has 3 rings (SSSR count). The van der Waals surface area contributed by atoms with Gasteiger partial charge in [0.05, 0.1) is 0 Å². The van der Waals surface area contributed by atoms with Crippen molar-refractivity contribution in [1.29, 1.82) is 0 Å². The molecule has 2 bridgehead atoms. The monoisotopic (exact) mass is 264 g/mol. The Labute approximate surface area is 119 Å². The molecule has 2 heteroatoms. The maximum atomic E-state index is 3.63. The third kappa shape index (κ3) is 3.52. The first-order chi connectivity index (χ1) is 9.20. The molecule has 110 valence electrons. The molecule has 0 aromatic carbocycles. The second-order valence-corrected chi connectivity index (χ2v) is 7.77. The van der Waals surface area contributed by atoms with Crippen molar-refractivity contribution >= 4 is 0 Å². The van der Waals surface area contributed by atoms with Crippen LogP contribution < -0.4 is 5.32 Å². The molecule has 0 radical (unpaired) electrons. The number of nitrogens with one attached hydrogen (secondary N) is 1. The van der Waals surface area contributed by atoms with Crippen LogP contribution in [-0.4, -0.2) is 37.1 Å². The van der Waals surface area contributed by atoms with Crippen molar-refractivity contribution in [2.75, 3.05) is 26.2 Å². The first-order valence-electron chi connectivity index (χ1n) is 8.66. The summed E-state index contributed by atoms with van der Waals surface area (Å²) >= 11 is 0. The van der Waals surface area contributed by atoms with Crippen LogP contribution >= 0.6 is 0 Å². The SMILES string of the molecule is CC(C)NCC1CCCN(CC2CC3CCC2C3)C1. The molecular weight excluding hydrogens is 232 g/mol. The van der Waals surface area contributed by atoms with Gasteiger partial charge in [0.15, 0.2) is 0 Å². The summed E-state index contributed by atoms with van der Waals surface area (Å²) in [5.74, 6) is 4.16. The minimum Gasteiger partial charge on any atom is -0.314 e. The predicted octanol–water partition coefficient (Wildman–Crippen LogP) is 3.13. The van der Waals surface area contributed by atoms with Crippen molar-refractivity contribution in [2.45, 2.75) is 58.4 Å². The van der Waals surface area contributed by atoms with E-state index in [0.717, 1.165) is 23.7 Å². The molecule has 3 fully saturated rings. The van der Waals surface area contributed by atoms with Crippen LogP contribution in [0.3, 0.4) is 0 Å². The lowest BCUT2D eigenvalue weighted by Crippen LogP contribution is -2.43. The van der Waals surface area contributed by atoms with E-state index in [0.29, 0.717) is 6.04 Å². The van der Waals surface area contributed by atoms with E-state index in [4.69, 9.17) is 0 Å². The van der Waals surface area contributed by atoms with Gasteiger partial charge in [-0.2, -0.15) is 0 Å². The lowest BCUT2D eigenvalue weighted by Gasteiger charge is -2.36. The van der Waals surface area contributed by atoms with Crippen molar-refractivity contribution in [3.8, 4) is 0 Å². The van der Waals surface area contributed by atoms with Gasteiger partial charge in [-0.15, -0.1) is 0 Å². The summed E-state index contributed by atoms with van der Waals surface area (Å²) < 4.78 is 0. The van der Waals surface area contributed by atoms with Gasteiger partial charge in [-0.05, 0) is 68.9 Å². The Morgan fingerprint density at radius 1 is 1.16 bits per heavy atom. The maximum Gasteiger partial charge on any atom is 0.00219 e. The minimum absolute atomic E-state index is 0.640. The highest BCUT2D eigenvalue weighted by atomic mass is 15.1. The number of hydrogen-bond donors (Lipinski definition) is 1. The van der Waals surface area contributed by atoms with Crippen LogP contribution in [0.4, 0.5) is 0 Å². The van der Waals surface area contributed by atoms with E-state index >= 15 is 0 Å². The molecule has 2 nitrogen and oxygen atoms in total. The smallest absolute Gasteiger partial charge is 0.00219 e. The summed E-state index contributed by atoms with van der Waals surface area (Å²) in [6.07, 6.45) is 9.06. The summed E-state index contributed by atoms with van der Waals surface area (Å²) in [7, 11) is 0. The second-order valence-electron chi connectivity index (χ2n) is 7.77. The molecular formula is C17H32N2. The van der Waals surface area contributed by atoms with Crippen molar-refractivity contribution in [3.05, 3.63) is 0 Å². The van der Waals surface area contributed by atoms with Crippen LogP contribution in [0.5, 0.6) is 0 Å². The van der Waals surface area contributed by atoms with E-state index in [-0.39, 0.29) is 0 Å². The zero-order valence-electron chi connectivity index (χ0n) is 12.9. The molecule has 0 spiro atoms. The van der Waals surface area contributed by atoms with Gasteiger partial charge < -0.3 is 10.2 Å². The topological polar surface area (TPSA) is 15.3 Å². The fraction of sp³-hybridized carbons (Fsp3) is 1.00. The number of hydrogen-bond acceptors (Lipinski definition) is 2. The standard InChI is InChI=1S/C17H32N2/c1-13(2)18-10-15-4-3-7-19(11-15)12-17-9-14-5-6-16(17)8-14/h13-18H,3-12H2,1-2H3. The van der Waals surface area contributed by atoms with Crippen LogP contribution in [0, 0.1) is 23.7 Å². The van der Waals surface area contributed by atoms with Crippen LogP contribution in [0.15, 0.2) is 0 Å². The maximum absolute atomic E-state index is 3.63. The number of likely N-dealkylation sites (tertiary alicyclic amines) is 1. The molecule has 2 aliphatic carbocycles. The van der Waals surface area contributed by atoms with Crippen molar-refractivity contribution in [2.24, 2.45) is 23.7 Å². The fourth-order valence-electron chi connectivity index (χ4n) is 4.82. The summed E-state index contributed by atoms with van der Waals surface area (Å²) in [4.78, 5) is 2.79. The molecule has 3 aliphatic rings. The molecule has 19 heavy (non-hydrogen) atoms. The van der Waals surface area contributed by atoms with Gasteiger partial charge in [0, 0.05) is 19.1 Å². The van der Waals surface area contributed by atoms with Gasteiger partial charge in [-0.25, -0.2) is 0 Å². The molecule has 1 N–H and O–H groups in total. The number of fused-ring (bicyclic) bond motifs is 2. The Kier molecular flexibility index (Phi) is 4.48. The van der Waals surface area contributed by atoms with Gasteiger partial charge in [-0.3, -0.25) is 0 Å². The Balaban J connectivity index is 1.43. The van der Waals surface area contributed by atoms with Gasteiger partial charge >= 0.3 is 0 Å². The number of rotatable bonds is 5. The Hall–Kier alpha value is -0.0800. The van der Waals surface area contributed by atoms with Crippen LogP contribution in [0.2, 0.25) is 0 Å². The summed E-state index contributed by atoms with van der Waals surface area (Å²) in [5, 5.41) is 3.63. The molecule has 4 atom stereocenters. The first-order valence-corrected chi connectivity index (χ1v) is 8.66. The molecule has 2 saturated carbocycles. The Morgan fingerprint density at radius 2 is 2.05 bits per heavy atom. The Bertz CT molecular complexity index is 289. The number of nitrogens with zero attached hydrogens (tertiary/aromatic N) is 1. The summed E-state index contributed by atoms with van der Waals surface area (Å²) in [5.41, 5.74) is 0. The third-order valence-corrected chi connectivity index (χ3v) is 5.80. The second kappa shape index (κ2) is 6.13. The summed E-state index contributed by atoms with van der Waals surface area (Å²) in [6, 6.07) is 0.640. The Morgan fingerprint density at radius 3 is 2.74 bits per heavy atom. The average Bonchev–Trinajstić information content (AvgIpc) is 2.99. The number of piperidine rings is 1. The largest absolute Gasteiger partial charge is 0.314 e. The highest BCUT2D eigenvalue weighted by Crippen LogP contribution is 2.48. The zero-order chi connectivity index (χ0) is 13.2. The van der Waals surface area contributed by atoms with E-state index in [9.17, 15) is 0 Å². The molecule has 1 saturated heterocycles. The quantitative estimate of drug-likeness (QED) is 0.821. The molecule has 0 aromatic rings. The van der Waals surface area contributed by atoms with E-state index in [1.165, 1.54) is 39.0 Å². The van der Waals surface area contributed by atoms with E-state index in [1.54, 1.807) is 25.7 Å². The van der Waals surface area contributed by atoms with E-state index in [1.807, 2.05) is 0 Å². The average molecular weight is 264 g/mol. The van der Waals surface area contributed by atoms with Crippen LogP contribution in [0.25, 0.3) is 0 Å². The highest BCUT2D eigenvalue weighted by molar-refractivity contribution is 4.91. The first kappa shape index (κ1) is 13.9. The lowest BCUT2D eigenvalue weighted by molar-refractivity contribution is 0.130. The molecule has 1 heterocycles. The molecule has 0 amide bonds. The van der Waals surface area contributed by atoms with Crippen LogP contribution in [0.1, 0.15) is 52.4 Å². The van der Waals surface area contributed by atoms with Crippen molar-refractivity contribution < 1.29 is 0 Å². The van der Waals surface area contributed by atoms with Gasteiger partial charge in [0.25, 0.3) is 0 Å². The van der Waals surface area contributed by atoms with Crippen LogP contribution in [-0.2, 0) is 0 Å². The molecule has 4 unspecified atom stereocenters. The zero-order valence-corrected chi connectivity index (χ0v) is 12.9. The normalized spacial score (nSPS) is 39.3. The van der Waals surface area contributed by atoms with E-state index < -0.39 is 0 Å². The lowest BCUT2D eigenvalue weighted by atomic mass is 9.87. The van der Waals surface area contributed by atoms with Gasteiger partial charge in [-0.1, -0.05) is 20.3 Å². The minimum atomic E-state index is 0.640. The highest BCUT2D eigenvalue weighted by Gasteiger charge is 2.40. The molecule has 1 aliphatic heterocycles. The van der Waals surface area contributed by atoms with Gasteiger partial charge in [0.2, 0.25) is 0 Å². The van der Waals surface area contributed by atoms with Crippen molar-refractivity contribution in [1.82, 2.24) is 10.2 Å². The summed E-state index contributed by atoms with van der Waals surface area (Å²) in [6.45, 7) is 9.88. The van der Waals surface area contributed by atoms with Gasteiger partial charge in [0.1, 0.15) is 0 Å². The third-order valence-electron chi connectivity index (χ3n) is 5.80. The molecule has 0 aromatic heterocycles. The predicted molar refractivity (Wildman–Crippen MR) is 81.2 cm³/mol.